The molecule has 1 unspecified atom stereocenters. The number of aryl methyl sites for hydroxylation is 1. The Bertz CT molecular complexity index is 995. The van der Waals surface area contributed by atoms with E-state index in [9.17, 15) is 19.1 Å². The van der Waals surface area contributed by atoms with Crippen molar-refractivity contribution in [2.24, 2.45) is 11.8 Å². The fourth-order valence-corrected chi connectivity index (χ4v) is 4.73. The van der Waals surface area contributed by atoms with Crippen molar-refractivity contribution < 1.29 is 14.3 Å². The van der Waals surface area contributed by atoms with Gasteiger partial charge in [0.05, 0.1) is 22.3 Å². The molecule has 2 atom stereocenters. The minimum Gasteiger partial charge on any atom is -0.477 e. The summed E-state index contributed by atoms with van der Waals surface area (Å²) in [6.45, 7) is 2.28. The zero-order chi connectivity index (χ0) is 20.0. The molecule has 2 aromatic rings. The Kier molecular flexibility index (Phi) is 4.77. The van der Waals surface area contributed by atoms with E-state index in [4.69, 9.17) is 5.73 Å². The summed E-state index contributed by atoms with van der Waals surface area (Å²) >= 11 is 0. The van der Waals surface area contributed by atoms with Gasteiger partial charge in [0.2, 0.25) is 5.43 Å². The van der Waals surface area contributed by atoms with Crippen LogP contribution in [0.1, 0.15) is 55.8 Å². The normalized spacial score (nSPS) is 22.4. The number of aromatic nitrogens is 1. The molecular weight excluding hydrogens is 361 g/mol. The van der Waals surface area contributed by atoms with Gasteiger partial charge in [-0.15, -0.1) is 0 Å². The highest BCUT2D eigenvalue weighted by Gasteiger charge is 2.43. The topological polar surface area (TPSA) is 97.4 Å². The molecule has 150 valence electrons. The zero-order valence-electron chi connectivity index (χ0n) is 16.0. The number of hydrogen-bond donors (Lipinski definition) is 3. The lowest BCUT2D eigenvalue weighted by Crippen LogP contribution is -2.21. The van der Waals surface area contributed by atoms with Gasteiger partial charge in [-0.05, 0) is 31.2 Å². The summed E-state index contributed by atoms with van der Waals surface area (Å²) in [5.74, 6) is -0.744. The number of carbonyl (C=O) groups is 1. The molecule has 0 amide bonds. The zero-order valence-corrected chi connectivity index (χ0v) is 16.0. The number of nitrogens with two attached hydrogens (primary N) is 1. The van der Waals surface area contributed by atoms with Crippen LogP contribution in [0.25, 0.3) is 10.9 Å². The molecule has 6 nitrogen and oxygen atoms in total. The number of benzene rings is 1. The van der Waals surface area contributed by atoms with Crippen LogP contribution in [0.3, 0.4) is 0 Å². The number of carboxylic acids is 1. The van der Waals surface area contributed by atoms with E-state index < -0.39 is 22.8 Å². The number of pyridine rings is 1. The van der Waals surface area contributed by atoms with Crippen LogP contribution in [-0.4, -0.2) is 21.7 Å². The molecule has 1 heterocycles. The van der Waals surface area contributed by atoms with E-state index in [1.54, 1.807) is 10.6 Å². The molecule has 1 aromatic heterocycles. The average Bonchev–Trinajstić information content (AvgIpc) is 3.45. The fraction of sp³-hybridized carbons (Fsp3) is 0.524. The minimum absolute atomic E-state index is 0.0653. The van der Waals surface area contributed by atoms with Crippen LogP contribution in [-0.2, 0) is 6.54 Å². The van der Waals surface area contributed by atoms with Gasteiger partial charge in [-0.3, -0.25) is 4.79 Å². The monoisotopic (exact) mass is 387 g/mol. The Labute approximate surface area is 162 Å². The van der Waals surface area contributed by atoms with Gasteiger partial charge in [-0.25, -0.2) is 9.18 Å². The molecule has 4 N–H and O–H groups in total. The highest BCUT2D eigenvalue weighted by Crippen LogP contribution is 2.46. The second-order valence-corrected chi connectivity index (χ2v) is 8.06. The van der Waals surface area contributed by atoms with Crippen molar-refractivity contribution in [1.82, 2.24) is 4.57 Å². The quantitative estimate of drug-likeness (QED) is 0.678. The maximum atomic E-state index is 15.0. The Morgan fingerprint density at radius 2 is 2.07 bits per heavy atom. The summed E-state index contributed by atoms with van der Waals surface area (Å²) in [5, 5.41) is 12.5. The second kappa shape index (κ2) is 7.11. The van der Waals surface area contributed by atoms with E-state index in [1.165, 1.54) is 38.3 Å². The smallest absolute Gasteiger partial charge is 0.341 e. The molecule has 2 aliphatic rings. The van der Waals surface area contributed by atoms with Crippen LogP contribution < -0.4 is 16.5 Å². The van der Waals surface area contributed by atoms with Crippen LogP contribution in [0.2, 0.25) is 0 Å². The highest BCUT2D eigenvalue weighted by molar-refractivity contribution is 5.99. The van der Waals surface area contributed by atoms with E-state index in [1.807, 2.05) is 6.92 Å². The summed E-state index contributed by atoms with van der Waals surface area (Å²) in [6, 6.07) is 1.82. The van der Waals surface area contributed by atoms with E-state index in [2.05, 4.69) is 5.32 Å². The molecule has 4 rings (SSSR count). The first-order valence-electron chi connectivity index (χ1n) is 10.1. The lowest BCUT2D eigenvalue weighted by atomic mass is 9.85. The number of nitrogen functional groups attached to an aromatic ring is 1. The average molecular weight is 387 g/mol. The third-order valence-electron chi connectivity index (χ3n) is 6.35. The standard InChI is InChI=1S/C21H26FN3O3/c1-2-25-10-13(21(27)28)20(26)17-16(25)9-15(18(22)19(17)23)24-14-8-12(14)11-6-4-3-5-7-11/h9-12,14,24H,2-8,23H2,1H3,(H,27,28)/t12?,14-/m1/s1. The van der Waals surface area contributed by atoms with Gasteiger partial charge in [-0.1, -0.05) is 32.1 Å². The van der Waals surface area contributed by atoms with Gasteiger partial charge in [0.25, 0.3) is 0 Å². The number of fused-ring (bicyclic) bond motifs is 1. The Balaban J connectivity index is 1.71. The molecule has 7 heteroatoms. The predicted molar refractivity (Wildman–Crippen MR) is 107 cm³/mol. The van der Waals surface area contributed by atoms with Crippen LogP contribution in [0.5, 0.6) is 0 Å². The molecule has 28 heavy (non-hydrogen) atoms. The number of carboxylic acid groups (broad SMARTS) is 1. The van der Waals surface area contributed by atoms with Gasteiger partial charge < -0.3 is 20.7 Å². The predicted octanol–water partition coefficient (Wildman–Crippen LogP) is 3.82. The van der Waals surface area contributed by atoms with Gasteiger partial charge in [0.1, 0.15) is 5.56 Å². The first-order chi connectivity index (χ1) is 13.4. The SMILES string of the molecule is CCn1cc(C(=O)O)c(=O)c2c(N)c(F)c(N[C@@H]3CC3C3CCCCC3)cc21. The van der Waals surface area contributed by atoms with Crippen molar-refractivity contribution >= 4 is 28.2 Å². The molecule has 2 aliphatic carbocycles. The van der Waals surface area contributed by atoms with Crippen molar-refractivity contribution in [2.45, 2.75) is 58.0 Å². The van der Waals surface area contributed by atoms with Crippen molar-refractivity contribution in [3.05, 3.63) is 33.9 Å². The van der Waals surface area contributed by atoms with Gasteiger partial charge >= 0.3 is 5.97 Å². The summed E-state index contributed by atoms with van der Waals surface area (Å²) in [4.78, 5) is 23.9. The molecule has 0 spiro atoms. The number of anilines is 2. The van der Waals surface area contributed by atoms with Crippen LogP contribution >= 0.6 is 0 Å². The Morgan fingerprint density at radius 1 is 1.36 bits per heavy atom. The van der Waals surface area contributed by atoms with Gasteiger partial charge in [0, 0.05) is 18.8 Å². The third-order valence-corrected chi connectivity index (χ3v) is 6.35. The van der Waals surface area contributed by atoms with Crippen LogP contribution in [0, 0.1) is 17.7 Å². The van der Waals surface area contributed by atoms with Gasteiger partial charge in [0.15, 0.2) is 5.82 Å². The van der Waals surface area contributed by atoms with Crippen LogP contribution in [0.15, 0.2) is 17.1 Å². The third kappa shape index (κ3) is 3.12. The molecule has 2 fully saturated rings. The maximum absolute atomic E-state index is 15.0. The lowest BCUT2D eigenvalue weighted by molar-refractivity contribution is 0.0695. The molecule has 0 bridgehead atoms. The molecule has 0 radical (unpaired) electrons. The van der Waals surface area contributed by atoms with Crippen molar-refractivity contribution in [3.8, 4) is 0 Å². The highest BCUT2D eigenvalue weighted by atomic mass is 19.1. The minimum atomic E-state index is -1.34. The van der Waals surface area contributed by atoms with E-state index in [0.29, 0.717) is 23.9 Å². The van der Waals surface area contributed by atoms with E-state index in [-0.39, 0.29) is 22.8 Å². The van der Waals surface area contributed by atoms with Gasteiger partial charge in [-0.2, -0.15) is 0 Å². The summed E-state index contributed by atoms with van der Waals surface area (Å²) in [6.07, 6.45) is 8.69. The molecule has 0 saturated heterocycles. The number of nitrogens with zero attached hydrogens (tertiary/aromatic N) is 1. The molecule has 2 saturated carbocycles. The number of hydrogen-bond acceptors (Lipinski definition) is 4. The molecule has 1 aromatic carbocycles. The summed E-state index contributed by atoms with van der Waals surface area (Å²) < 4.78 is 16.6. The first kappa shape index (κ1) is 18.8. The van der Waals surface area contributed by atoms with Crippen molar-refractivity contribution in [2.75, 3.05) is 11.1 Å². The van der Waals surface area contributed by atoms with Crippen LogP contribution in [0.4, 0.5) is 15.8 Å². The van der Waals surface area contributed by atoms with E-state index in [0.717, 1.165) is 6.42 Å². The maximum Gasteiger partial charge on any atom is 0.341 e. The van der Waals surface area contributed by atoms with E-state index >= 15 is 0 Å². The number of nitrogens with one attached hydrogen (secondary N) is 1. The number of rotatable bonds is 5. The summed E-state index contributed by atoms with van der Waals surface area (Å²) in [7, 11) is 0. The summed E-state index contributed by atoms with van der Waals surface area (Å²) in [5.41, 5.74) is 5.27. The van der Waals surface area contributed by atoms with Crippen molar-refractivity contribution in [1.29, 1.82) is 0 Å². The van der Waals surface area contributed by atoms with Crippen molar-refractivity contribution in [3.63, 3.8) is 0 Å². The molecular formula is C21H26FN3O3. The first-order valence-corrected chi connectivity index (χ1v) is 10.1. The Morgan fingerprint density at radius 3 is 2.71 bits per heavy atom. The molecule has 0 aliphatic heterocycles. The number of halogens is 1. The second-order valence-electron chi connectivity index (χ2n) is 8.06. The Hall–Kier alpha value is -2.57. The lowest BCUT2D eigenvalue weighted by Gasteiger charge is -2.22. The fourth-order valence-electron chi connectivity index (χ4n) is 4.73. The largest absolute Gasteiger partial charge is 0.477 e. The number of aromatic carboxylic acids is 1.